The predicted molar refractivity (Wildman–Crippen MR) is 91.3 cm³/mol. The van der Waals surface area contributed by atoms with Crippen molar-refractivity contribution in [2.24, 2.45) is 0 Å². The van der Waals surface area contributed by atoms with Gasteiger partial charge in [0.2, 0.25) is 0 Å². The molecule has 2 saturated heterocycles. The number of likely N-dealkylation sites (tertiary alicyclic amines) is 2. The van der Waals surface area contributed by atoms with Gasteiger partial charge in [-0.25, -0.2) is 9.78 Å². The van der Waals surface area contributed by atoms with Crippen molar-refractivity contribution >= 4 is 12.0 Å². The minimum absolute atomic E-state index is 0.0657. The molecular formula is C18H25N3O4. The molecule has 0 aromatic carbocycles. The minimum atomic E-state index is -0.545. The van der Waals surface area contributed by atoms with Gasteiger partial charge in [0, 0.05) is 25.8 Å². The van der Waals surface area contributed by atoms with Gasteiger partial charge in [-0.3, -0.25) is 4.79 Å². The molecule has 2 aliphatic heterocycles. The second-order valence-corrected chi connectivity index (χ2v) is 7.81. The third-order valence-electron chi connectivity index (χ3n) is 4.81. The molecule has 7 nitrogen and oxygen atoms in total. The summed E-state index contributed by atoms with van der Waals surface area (Å²) < 4.78 is 5.47. The number of nitrogens with zero attached hydrogens (tertiary/aromatic N) is 3. The van der Waals surface area contributed by atoms with Crippen molar-refractivity contribution < 1.29 is 19.4 Å². The number of rotatable bonds is 1. The summed E-state index contributed by atoms with van der Waals surface area (Å²) in [5.74, 6) is -0.398. The summed E-state index contributed by atoms with van der Waals surface area (Å²) in [5, 5.41) is 9.91. The Balaban J connectivity index is 1.74. The molecule has 1 N–H and O–H groups in total. The molecule has 1 aromatic rings. The van der Waals surface area contributed by atoms with Crippen LogP contribution in [0.1, 0.15) is 50.5 Å². The van der Waals surface area contributed by atoms with Gasteiger partial charge in [0.05, 0.1) is 5.54 Å². The van der Waals surface area contributed by atoms with Crippen LogP contribution < -0.4 is 0 Å². The maximum Gasteiger partial charge on any atom is 0.410 e. The third-order valence-corrected chi connectivity index (χ3v) is 4.81. The first-order chi connectivity index (χ1) is 11.7. The van der Waals surface area contributed by atoms with Crippen LogP contribution in [-0.2, 0) is 4.74 Å². The zero-order valence-corrected chi connectivity index (χ0v) is 15.0. The molecule has 0 radical (unpaired) electrons. The summed E-state index contributed by atoms with van der Waals surface area (Å²) in [6.45, 7) is 7.22. The number of hydrogen-bond donors (Lipinski definition) is 1. The van der Waals surface area contributed by atoms with E-state index in [1.807, 2.05) is 20.8 Å². The van der Waals surface area contributed by atoms with Gasteiger partial charge in [0.1, 0.15) is 11.4 Å². The monoisotopic (exact) mass is 347 g/mol. The number of ether oxygens (including phenoxy) is 1. The maximum atomic E-state index is 12.8. The summed E-state index contributed by atoms with van der Waals surface area (Å²) in [4.78, 5) is 32.6. The quantitative estimate of drug-likeness (QED) is 0.843. The Hall–Kier alpha value is -2.31. The van der Waals surface area contributed by atoms with Crippen molar-refractivity contribution in [1.29, 1.82) is 0 Å². The van der Waals surface area contributed by atoms with Gasteiger partial charge in [-0.05, 0) is 52.2 Å². The highest BCUT2D eigenvalue weighted by molar-refractivity contribution is 5.96. The fraction of sp³-hybridized carbons (Fsp3) is 0.611. The molecule has 2 fully saturated rings. The van der Waals surface area contributed by atoms with E-state index >= 15 is 0 Å². The number of carbonyl (C=O) groups excluding carboxylic acids is 2. The first-order valence-corrected chi connectivity index (χ1v) is 8.66. The van der Waals surface area contributed by atoms with E-state index in [0.29, 0.717) is 19.6 Å². The number of piperidine rings is 1. The van der Waals surface area contributed by atoms with Crippen LogP contribution in [0.5, 0.6) is 5.75 Å². The van der Waals surface area contributed by atoms with Gasteiger partial charge in [-0.15, -0.1) is 0 Å². The first-order valence-electron chi connectivity index (χ1n) is 8.66. The Morgan fingerprint density at radius 1 is 1.28 bits per heavy atom. The third kappa shape index (κ3) is 3.41. The Kier molecular flexibility index (Phi) is 4.34. The molecule has 2 aliphatic rings. The van der Waals surface area contributed by atoms with Crippen LogP contribution in [0.25, 0.3) is 0 Å². The molecule has 0 bridgehead atoms. The van der Waals surface area contributed by atoms with Crippen molar-refractivity contribution in [3.8, 4) is 5.75 Å². The second-order valence-electron chi connectivity index (χ2n) is 7.81. The molecule has 1 atom stereocenters. The van der Waals surface area contributed by atoms with Crippen LogP contribution in [0.3, 0.4) is 0 Å². The van der Waals surface area contributed by atoms with Gasteiger partial charge in [-0.1, -0.05) is 0 Å². The normalized spacial score (nSPS) is 23.3. The summed E-state index contributed by atoms with van der Waals surface area (Å²) in [7, 11) is 0. The number of carbonyl (C=O) groups is 2. The molecule has 2 amide bonds. The van der Waals surface area contributed by atoms with Crippen molar-refractivity contribution in [2.75, 3.05) is 19.6 Å². The van der Waals surface area contributed by atoms with Crippen molar-refractivity contribution in [3.05, 3.63) is 24.0 Å². The van der Waals surface area contributed by atoms with Gasteiger partial charge in [0.25, 0.3) is 5.91 Å². The molecule has 3 rings (SSSR count). The van der Waals surface area contributed by atoms with E-state index in [9.17, 15) is 14.7 Å². The zero-order chi connectivity index (χ0) is 18.2. The first kappa shape index (κ1) is 17.5. The number of pyridine rings is 1. The smallest absolute Gasteiger partial charge is 0.410 e. The lowest BCUT2D eigenvalue weighted by Gasteiger charge is -2.56. The van der Waals surface area contributed by atoms with E-state index in [1.54, 1.807) is 15.9 Å². The van der Waals surface area contributed by atoms with E-state index < -0.39 is 5.60 Å². The minimum Gasteiger partial charge on any atom is -0.505 e. The van der Waals surface area contributed by atoms with Gasteiger partial charge >= 0.3 is 6.09 Å². The summed E-state index contributed by atoms with van der Waals surface area (Å²) >= 11 is 0. The highest BCUT2D eigenvalue weighted by atomic mass is 16.6. The number of amides is 2. The second kappa shape index (κ2) is 6.20. The Morgan fingerprint density at radius 2 is 2.04 bits per heavy atom. The van der Waals surface area contributed by atoms with E-state index in [1.165, 1.54) is 12.3 Å². The topological polar surface area (TPSA) is 83.0 Å². The lowest BCUT2D eigenvalue weighted by atomic mass is 9.77. The highest BCUT2D eigenvalue weighted by Gasteiger charge is 2.51. The maximum absolute atomic E-state index is 12.8. The zero-order valence-electron chi connectivity index (χ0n) is 15.0. The van der Waals surface area contributed by atoms with Crippen LogP contribution >= 0.6 is 0 Å². The highest BCUT2D eigenvalue weighted by Crippen LogP contribution is 2.40. The van der Waals surface area contributed by atoms with Gasteiger partial charge < -0.3 is 19.6 Å². The molecule has 1 spiro atoms. The van der Waals surface area contributed by atoms with E-state index in [-0.39, 0.29) is 29.0 Å². The molecular weight excluding hydrogens is 322 g/mol. The fourth-order valence-corrected chi connectivity index (χ4v) is 3.57. The Bertz CT molecular complexity index is 685. The number of aromatic nitrogens is 1. The lowest BCUT2D eigenvalue weighted by Crippen LogP contribution is -2.69. The molecule has 7 heteroatoms. The average molecular weight is 347 g/mol. The number of hydrogen-bond acceptors (Lipinski definition) is 5. The molecule has 136 valence electrons. The van der Waals surface area contributed by atoms with Crippen molar-refractivity contribution in [2.45, 2.75) is 51.2 Å². The fourth-order valence-electron chi connectivity index (χ4n) is 3.57. The molecule has 1 aromatic heterocycles. The van der Waals surface area contributed by atoms with Crippen molar-refractivity contribution in [1.82, 2.24) is 14.8 Å². The summed E-state index contributed by atoms with van der Waals surface area (Å²) in [5.41, 5.74) is -0.858. The van der Waals surface area contributed by atoms with Crippen LogP contribution in [-0.4, -0.2) is 62.7 Å². The number of aromatic hydroxyl groups is 1. The molecule has 25 heavy (non-hydrogen) atoms. The summed E-state index contributed by atoms with van der Waals surface area (Å²) in [6.07, 6.45) is 3.65. The summed E-state index contributed by atoms with van der Waals surface area (Å²) in [6, 6.07) is 3.05. The Morgan fingerprint density at radius 3 is 2.64 bits per heavy atom. The average Bonchev–Trinajstić information content (AvgIpc) is 2.52. The van der Waals surface area contributed by atoms with Crippen LogP contribution in [0.15, 0.2) is 18.3 Å². The standard InChI is InChI=1S/C18H25N3O4/c1-17(2,3)25-16(24)20-10-5-7-18(12-20)8-11-21(18)15(23)14-13(22)6-4-9-19-14/h4,6,9,22H,5,7-8,10-12H2,1-3H3. The SMILES string of the molecule is CC(C)(C)OC(=O)N1CCCC2(CCN2C(=O)c2ncccc2O)C1. The van der Waals surface area contributed by atoms with Crippen LogP contribution in [0.4, 0.5) is 4.79 Å². The predicted octanol–water partition coefficient (Wildman–Crippen LogP) is 2.40. The largest absolute Gasteiger partial charge is 0.505 e. The Labute approximate surface area is 147 Å². The van der Waals surface area contributed by atoms with E-state index in [2.05, 4.69) is 4.98 Å². The van der Waals surface area contributed by atoms with E-state index in [4.69, 9.17) is 4.74 Å². The molecule has 0 saturated carbocycles. The van der Waals surface area contributed by atoms with Gasteiger partial charge in [-0.2, -0.15) is 0 Å². The van der Waals surface area contributed by atoms with Crippen molar-refractivity contribution in [3.63, 3.8) is 0 Å². The molecule has 3 heterocycles. The van der Waals surface area contributed by atoms with Crippen LogP contribution in [0.2, 0.25) is 0 Å². The molecule has 1 unspecified atom stereocenters. The van der Waals surface area contributed by atoms with Gasteiger partial charge in [0.15, 0.2) is 5.69 Å². The lowest BCUT2D eigenvalue weighted by molar-refractivity contribution is -0.0524. The molecule has 0 aliphatic carbocycles. The van der Waals surface area contributed by atoms with E-state index in [0.717, 1.165) is 19.3 Å². The van der Waals surface area contributed by atoms with Crippen LogP contribution in [0, 0.1) is 0 Å².